The summed E-state index contributed by atoms with van der Waals surface area (Å²) >= 11 is 0. The molecule has 2 aliphatic rings. The SMILES string of the molecule is CC1(C)CCC[C@@H](CN2CCCC2)C(C)(C)C1. The molecule has 0 aromatic rings. The zero-order valence-corrected chi connectivity index (χ0v) is 12.4. The first-order valence-corrected chi connectivity index (χ1v) is 7.61. The number of nitrogens with zero attached hydrogens (tertiary/aromatic N) is 1. The Morgan fingerprint density at radius 3 is 2.29 bits per heavy atom. The lowest BCUT2D eigenvalue weighted by Crippen LogP contribution is -2.36. The molecule has 1 atom stereocenters. The molecular weight excluding hydrogens is 206 g/mol. The van der Waals surface area contributed by atoms with Gasteiger partial charge in [-0.05, 0) is 61.9 Å². The van der Waals surface area contributed by atoms with E-state index in [-0.39, 0.29) is 0 Å². The summed E-state index contributed by atoms with van der Waals surface area (Å²) in [6.07, 6.45) is 8.57. The first-order chi connectivity index (χ1) is 7.89. The van der Waals surface area contributed by atoms with Gasteiger partial charge in [0.2, 0.25) is 0 Å². The summed E-state index contributed by atoms with van der Waals surface area (Å²) in [6.45, 7) is 14.0. The second kappa shape index (κ2) is 4.91. The van der Waals surface area contributed by atoms with Gasteiger partial charge in [0.15, 0.2) is 0 Å². The largest absolute Gasteiger partial charge is 0.303 e. The number of rotatable bonds is 2. The van der Waals surface area contributed by atoms with Gasteiger partial charge in [-0.1, -0.05) is 34.1 Å². The van der Waals surface area contributed by atoms with Crippen molar-refractivity contribution in [3.05, 3.63) is 0 Å². The third-order valence-electron chi connectivity index (χ3n) is 5.12. The molecule has 1 nitrogen and oxygen atoms in total. The van der Waals surface area contributed by atoms with Crippen LogP contribution in [-0.4, -0.2) is 24.5 Å². The van der Waals surface area contributed by atoms with Gasteiger partial charge in [0.05, 0.1) is 0 Å². The van der Waals surface area contributed by atoms with E-state index in [1.54, 1.807) is 0 Å². The van der Waals surface area contributed by atoms with Crippen molar-refractivity contribution in [2.45, 2.75) is 66.2 Å². The molecule has 0 amide bonds. The molecule has 100 valence electrons. The second-order valence-corrected chi connectivity index (χ2v) is 7.93. The molecule has 0 spiro atoms. The molecule has 0 bridgehead atoms. The molecule has 17 heavy (non-hydrogen) atoms. The van der Waals surface area contributed by atoms with Crippen molar-refractivity contribution in [2.24, 2.45) is 16.7 Å². The Balaban J connectivity index is 1.99. The van der Waals surface area contributed by atoms with Crippen LogP contribution in [0.1, 0.15) is 66.2 Å². The quantitative estimate of drug-likeness (QED) is 0.646. The lowest BCUT2D eigenvalue weighted by Gasteiger charge is -2.39. The van der Waals surface area contributed by atoms with Crippen molar-refractivity contribution in [1.29, 1.82) is 0 Å². The molecule has 1 saturated heterocycles. The molecule has 0 N–H and O–H groups in total. The zero-order valence-electron chi connectivity index (χ0n) is 12.4. The molecule has 1 heteroatoms. The fourth-order valence-electron chi connectivity index (χ4n) is 4.30. The van der Waals surface area contributed by atoms with Crippen LogP contribution in [0.25, 0.3) is 0 Å². The van der Waals surface area contributed by atoms with Crippen molar-refractivity contribution >= 4 is 0 Å². The average Bonchev–Trinajstić information content (AvgIpc) is 2.63. The molecule has 0 unspecified atom stereocenters. The molecule has 1 heterocycles. The average molecular weight is 237 g/mol. The third kappa shape index (κ3) is 3.47. The molecule has 0 aromatic carbocycles. The topological polar surface area (TPSA) is 3.24 Å². The summed E-state index contributed by atoms with van der Waals surface area (Å²) in [4.78, 5) is 2.71. The van der Waals surface area contributed by atoms with Gasteiger partial charge in [-0.25, -0.2) is 0 Å². The van der Waals surface area contributed by atoms with Crippen LogP contribution in [0.3, 0.4) is 0 Å². The van der Waals surface area contributed by atoms with Crippen molar-refractivity contribution in [3.8, 4) is 0 Å². The fourth-order valence-corrected chi connectivity index (χ4v) is 4.30. The van der Waals surface area contributed by atoms with Gasteiger partial charge in [-0.2, -0.15) is 0 Å². The van der Waals surface area contributed by atoms with E-state index in [1.165, 1.54) is 58.2 Å². The maximum atomic E-state index is 2.71. The first kappa shape index (κ1) is 13.4. The normalized spacial score (nSPS) is 33.5. The maximum Gasteiger partial charge on any atom is 0.00148 e. The van der Waals surface area contributed by atoms with Crippen LogP contribution in [0, 0.1) is 16.7 Å². The van der Waals surface area contributed by atoms with Crippen LogP contribution in [-0.2, 0) is 0 Å². The van der Waals surface area contributed by atoms with Gasteiger partial charge in [0.1, 0.15) is 0 Å². The number of hydrogen-bond acceptors (Lipinski definition) is 1. The minimum atomic E-state index is 0.530. The van der Waals surface area contributed by atoms with Gasteiger partial charge in [-0.15, -0.1) is 0 Å². The Kier molecular flexibility index (Phi) is 3.87. The first-order valence-electron chi connectivity index (χ1n) is 7.61. The summed E-state index contributed by atoms with van der Waals surface area (Å²) in [5.41, 5.74) is 1.09. The van der Waals surface area contributed by atoms with E-state index in [4.69, 9.17) is 0 Å². The van der Waals surface area contributed by atoms with Gasteiger partial charge < -0.3 is 4.90 Å². The number of hydrogen-bond donors (Lipinski definition) is 0. The Hall–Kier alpha value is -0.0400. The monoisotopic (exact) mass is 237 g/mol. The van der Waals surface area contributed by atoms with E-state index < -0.39 is 0 Å². The summed E-state index contributed by atoms with van der Waals surface area (Å²) in [7, 11) is 0. The Labute approximate surface area is 108 Å². The van der Waals surface area contributed by atoms with Crippen LogP contribution in [0.5, 0.6) is 0 Å². The zero-order chi connectivity index (χ0) is 12.5. The van der Waals surface area contributed by atoms with E-state index in [9.17, 15) is 0 Å². The molecular formula is C16H31N. The van der Waals surface area contributed by atoms with Gasteiger partial charge in [0.25, 0.3) is 0 Å². The van der Waals surface area contributed by atoms with E-state index in [0.29, 0.717) is 10.8 Å². The van der Waals surface area contributed by atoms with Crippen molar-refractivity contribution < 1.29 is 0 Å². The molecule has 0 aromatic heterocycles. The van der Waals surface area contributed by atoms with E-state index in [1.807, 2.05) is 0 Å². The molecule has 2 fully saturated rings. The lowest BCUT2D eigenvalue weighted by molar-refractivity contribution is 0.109. The van der Waals surface area contributed by atoms with E-state index in [2.05, 4.69) is 32.6 Å². The van der Waals surface area contributed by atoms with Crippen molar-refractivity contribution in [3.63, 3.8) is 0 Å². The number of likely N-dealkylation sites (tertiary alicyclic amines) is 1. The summed E-state index contributed by atoms with van der Waals surface area (Å²) in [5, 5.41) is 0. The Morgan fingerprint density at radius 1 is 1.00 bits per heavy atom. The highest BCUT2D eigenvalue weighted by Crippen LogP contribution is 2.47. The highest BCUT2D eigenvalue weighted by Gasteiger charge is 2.38. The predicted molar refractivity (Wildman–Crippen MR) is 75.2 cm³/mol. The van der Waals surface area contributed by atoms with Crippen LogP contribution in [0.2, 0.25) is 0 Å². The maximum absolute atomic E-state index is 2.71. The van der Waals surface area contributed by atoms with Crippen molar-refractivity contribution in [1.82, 2.24) is 4.90 Å². The van der Waals surface area contributed by atoms with Gasteiger partial charge >= 0.3 is 0 Å². The molecule has 2 rings (SSSR count). The lowest BCUT2D eigenvalue weighted by atomic mass is 9.69. The highest BCUT2D eigenvalue weighted by molar-refractivity contribution is 4.90. The summed E-state index contributed by atoms with van der Waals surface area (Å²) < 4.78 is 0. The standard InChI is InChI=1S/C16H31N/c1-15(2)9-7-8-14(16(3,4)13-15)12-17-10-5-6-11-17/h14H,5-13H2,1-4H3/t14-/m0/s1. The van der Waals surface area contributed by atoms with Gasteiger partial charge in [-0.3, -0.25) is 0 Å². The van der Waals surface area contributed by atoms with Crippen molar-refractivity contribution in [2.75, 3.05) is 19.6 Å². The minimum absolute atomic E-state index is 0.530. The predicted octanol–water partition coefficient (Wildman–Crippen LogP) is 4.32. The van der Waals surface area contributed by atoms with E-state index >= 15 is 0 Å². The molecule has 1 aliphatic carbocycles. The summed E-state index contributed by atoms with van der Waals surface area (Å²) in [5.74, 6) is 0.919. The van der Waals surface area contributed by atoms with Crippen LogP contribution in [0.4, 0.5) is 0 Å². The highest BCUT2D eigenvalue weighted by atomic mass is 15.1. The Bertz CT molecular complexity index is 248. The Morgan fingerprint density at radius 2 is 1.65 bits per heavy atom. The van der Waals surface area contributed by atoms with Gasteiger partial charge in [0, 0.05) is 6.54 Å². The molecule has 1 saturated carbocycles. The second-order valence-electron chi connectivity index (χ2n) is 7.93. The van der Waals surface area contributed by atoms with Crippen LogP contribution < -0.4 is 0 Å². The fraction of sp³-hybridized carbons (Fsp3) is 1.00. The van der Waals surface area contributed by atoms with Crippen LogP contribution >= 0.6 is 0 Å². The molecule has 1 aliphatic heterocycles. The molecule has 0 radical (unpaired) electrons. The minimum Gasteiger partial charge on any atom is -0.303 e. The smallest absolute Gasteiger partial charge is 0.00148 e. The summed E-state index contributed by atoms with van der Waals surface area (Å²) in [6, 6.07) is 0. The van der Waals surface area contributed by atoms with E-state index in [0.717, 1.165) is 5.92 Å². The third-order valence-corrected chi connectivity index (χ3v) is 5.12. The van der Waals surface area contributed by atoms with Crippen LogP contribution in [0.15, 0.2) is 0 Å².